The highest BCUT2D eigenvalue weighted by Crippen LogP contribution is 2.29. The Kier molecular flexibility index (Phi) is 3.96. The highest BCUT2D eigenvalue weighted by atomic mass is 35.5. The first-order valence-corrected chi connectivity index (χ1v) is 6.23. The predicted molar refractivity (Wildman–Crippen MR) is 75.8 cm³/mol. The smallest absolute Gasteiger partial charge is 0.196 e. The van der Waals surface area contributed by atoms with Gasteiger partial charge in [0.15, 0.2) is 5.78 Å². The highest BCUT2D eigenvalue weighted by molar-refractivity contribution is 6.41. The summed E-state index contributed by atoms with van der Waals surface area (Å²) in [6.07, 6.45) is 0. The van der Waals surface area contributed by atoms with Gasteiger partial charge in [-0.1, -0.05) is 34.8 Å². The van der Waals surface area contributed by atoms with Gasteiger partial charge in [0.2, 0.25) is 0 Å². The van der Waals surface area contributed by atoms with Gasteiger partial charge < -0.3 is 0 Å². The van der Waals surface area contributed by atoms with Crippen LogP contribution in [0.2, 0.25) is 15.1 Å². The summed E-state index contributed by atoms with van der Waals surface area (Å²) in [5, 5.41) is 1.16. The molecule has 0 unspecified atom stereocenters. The lowest BCUT2D eigenvalue weighted by Crippen LogP contribution is -2.03. The lowest BCUT2D eigenvalue weighted by molar-refractivity contribution is 0.103. The average Bonchev–Trinajstić information content (AvgIpc) is 2.28. The van der Waals surface area contributed by atoms with Gasteiger partial charge in [-0.3, -0.25) is 4.79 Å². The average molecular weight is 299 g/mol. The first kappa shape index (κ1) is 13.4. The van der Waals surface area contributed by atoms with Crippen LogP contribution in [-0.4, -0.2) is 5.78 Å². The molecule has 0 fully saturated rings. The van der Waals surface area contributed by atoms with Crippen LogP contribution in [0.3, 0.4) is 0 Å². The van der Waals surface area contributed by atoms with Crippen molar-refractivity contribution in [2.45, 2.75) is 0 Å². The van der Waals surface area contributed by atoms with Crippen molar-refractivity contribution < 1.29 is 4.79 Å². The van der Waals surface area contributed by atoms with Crippen molar-refractivity contribution in [1.82, 2.24) is 0 Å². The maximum Gasteiger partial charge on any atom is 0.196 e. The van der Waals surface area contributed by atoms with E-state index in [9.17, 15) is 4.79 Å². The summed E-state index contributed by atoms with van der Waals surface area (Å²) in [7, 11) is 0. The van der Waals surface area contributed by atoms with Gasteiger partial charge in [-0.2, -0.15) is 0 Å². The molecule has 0 bridgehead atoms. The number of carbonyl (C=O) groups excluding carboxylic acids is 1. The molecule has 1 radical (unpaired) electrons. The van der Waals surface area contributed by atoms with E-state index in [1.54, 1.807) is 36.4 Å². The molecule has 0 atom stereocenters. The third-order valence-electron chi connectivity index (χ3n) is 2.44. The summed E-state index contributed by atoms with van der Waals surface area (Å²) in [4.78, 5) is 12.3. The Morgan fingerprint density at radius 2 is 1.44 bits per heavy atom. The second-order valence-corrected chi connectivity index (χ2v) is 5.02. The molecule has 0 amide bonds. The number of halogens is 3. The number of ketones is 1. The normalized spacial score (nSPS) is 10.4. The fourth-order valence-electron chi connectivity index (χ4n) is 1.59. The van der Waals surface area contributed by atoms with Gasteiger partial charge in [0.05, 0.1) is 15.6 Å². The van der Waals surface area contributed by atoms with E-state index in [0.717, 1.165) is 0 Å². The van der Waals surface area contributed by atoms with E-state index in [2.05, 4.69) is 6.92 Å². The molecule has 0 aliphatic heterocycles. The molecule has 0 aliphatic carbocycles. The van der Waals surface area contributed by atoms with E-state index in [4.69, 9.17) is 34.8 Å². The molecule has 0 aromatic heterocycles. The second-order valence-electron chi connectivity index (χ2n) is 3.77. The Labute approximate surface area is 120 Å². The maximum atomic E-state index is 12.3. The number of hydrogen-bond acceptors (Lipinski definition) is 1. The number of carbonyl (C=O) groups is 1. The number of hydrogen-bond donors (Lipinski definition) is 0. The van der Waals surface area contributed by atoms with Gasteiger partial charge in [-0.15, -0.1) is 0 Å². The van der Waals surface area contributed by atoms with Crippen LogP contribution in [0.5, 0.6) is 0 Å². The maximum absolute atomic E-state index is 12.3. The Morgan fingerprint density at radius 3 is 1.94 bits per heavy atom. The number of benzene rings is 2. The SMILES string of the molecule is [CH2]c1cc(Cl)c(C(=O)c2ccc(Cl)cc2)c(Cl)c1. The zero-order valence-corrected chi connectivity index (χ0v) is 11.5. The minimum atomic E-state index is -0.235. The quantitative estimate of drug-likeness (QED) is 0.708. The molecule has 1 nitrogen and oxygen atoms in total. The molecule has 0 aliphatic rings. The molecule has 0 spiro atoms. The van der Waals surface area contributed by atoms with Crippen LogP contribution in [0, 0.1) is 6.92 Å². The first-order chi connectivity index (χ1) is 8.49. The topological polar surface area (TPSA) is 17.1 Å². The van der Waals surface area contributed by atoms with Crippen molar-refractivity contribution >= 4 is 40.6 Å². The Bertz CT molecular complexity index is 580. The van der Waals surface area contributed by atoms with Crippen LogP contribution in [0.25, 0.3) is 0 Å². The van der Waals surface area contributed by atoms with Crippen molar-refractivity contribution in [3.8, 4) is 0 Å². The van der Waals surface area contributed by atoms with Crippen molar-refractivity contribution in [3.05, 3.63) is 75.1 Å². The summed E-state index contributed by atoms with van der Waals surface area (Å²) < 4.78 is 0. The van der Waals surface area contributed by atoms with Crippen LogP contribution in [-0.2, 0) is 0 Å². The third kappa shape index (κ3) is 2.69. The van der Waals surface area contributed by atoms with E-state index in [1.807, 2.05) is 0 Å². The molecule has 0 saturated carbocycles. The Balaban J connectivity index is 2.49. The van der Waals surface area contributed by atoms with Gasteiger partial charge in [-0.25, -0.2) is 0 Å². The standard InChI is InChI=1S/C14H8Cl3O/c1-8-6-11(16)13(12(17)7-8)14(18)9-2-4-10(15)5-3-9/h2-7H,1H2. The van der Waals surface area contributed by atoms with Gasteiger partial charge in [0.25, 0.3) is 0 Å². The molecule has 0 saturated heterocycles. The van der Waals surface area contributed by atoms with E-state index in [-0.39, 0.29) is 11.3 Å². The van der Waals surface area contributed by atoms with Gasteiger partial charge in [0.1, 0.15) is 0 Å². The fraction of sp³-hybridized carbons (Fsp3) is 0. The Morgan fingerprint density at radius 1 is 0.944 bits per heavy atom. The molecule has 0 heterocycles. The Hall–Kier alpha value is -1.02. The lowest BCUT2D eigenvalue weighted by atomic mass is 10.0. The van der Waals surface area contributed by atoms with Gasteiger partial charge in [-0.05, 0) is 48.9 Å². The summed E-state index contributed by atoms with van der Waals surface area (Å²) in [5.74, 6) is -0.235. The van der Waals surface area contributed by atoms with E-state index in [1.165, 1.54) is 0 Å². The molecule has 4 heteroatoms. The molecular weight excluding hydrogens is 291 g/mol. The second kappa shape index (κ2) is 5.31. The van der Waals surface area contributed by atoms with E-state index in [0.29, 0.717) is 26.2 Å². The van der Waals surface area contributed by atoms with Crippen molar-refractivity contribution in [2.75, 3.05) is 0 Å². The van der Waals surface area contributed by atoms with E-state index < -0.39 is 0 Å². The summed E-state index contributed by atoms with van der Waals surface area (Å²) >= 11 is 17.9. The zero-order chi connectivity index (χ0) is 13.3. The predicted octanol–water partition coefficient (Wildman–Crippen LogP) is 5.06. The van der Waals surface area contributed by atoms with Crippen molar-refractivity contribution in [3.63, 3.8) is 0 Å². The third-order valence-corrected chi connectivity index (χ3v) is 3.28. The number of rotatable bonds is 2. The molecule has 2 aromatic carbocycles. The van der Waals surface area contributed by atoms with Crippen molar-refractivity contribution in [2.24, 2.45) is 0 Å². The van der Waals surface area contributed by atoms with Crippen LogP contribution in [0.15, 0.2) is 36.4 Å². The largest absolute Gasteiger partial charge is 0.288 e. The minimum Gasteiger partial charge on any atom is -0.288 e. The van der Waals surface area contributed by atoms with Crippen LogP contribution < -0.4 is 0 Å². The highest BCUT2D eigenvalue weighted by Gasteiger charge is 2.17. The molecule has 2 rings (SSSR count). The monoisotopic (exact) mass is 297 g/mol. The summed E-state index contributed by atoms with van der Waals surface area (Å²) in [6, 6.07) is 9.77. The van der Waals surface area contributed by atoms with Crippen LogP contribution >= 0.6 is 34.8 Å². The summed E-state index contributed by atoms with van der Waals surface area (Å²) in [6.45, 7) is 3.73. The summed E-state index contributed by atoms with van der Waals surface area (Å²) in [5.41, 5.74) is 1.44. The van der Waals surface area contributed by atoms with Gasteiger partial charge in [0, 0.05) is 10.6 Å². The minimum absolute atomic E-state index is 0.235. The molecule has 18 heavy (non-hydrogen) atoms. The molecule has 2 aromatic rings. The zero-order valence-electron chi connectivity index (χ0n) is 9.21. The fourth-order valence-corrected chi connectivity index (χ4v) is 2.42. The molecule has 91 valence electrons. The van der Waals surface area contributed by atoms with Crippen molar-refractivity contribution in [1.29, 1.82) is 0 Å². The first-order valence-electron chi connectivity index (χ1n) is 5.10. The van der Waals surface area contributed by atoms with E-state index >= 15 is 0 Å². The van der Waals surface area contributed by atoms with Crippen LogP contribution in [0.4, 0.5) is 0 Å². The lowest BCUT2D eigenvalue weighted by Gasteiger charge is -2.07. The van der Waals surface area contributed by atoms with Gasteiger partial charge >= 0.3 is 0 Å². The van der Waals surface area contributed by atoms with Crippen LogP contribution in [0.1, 0.15) is 21.5 Å². The molecular formula is C14H8Cl3O. The molecule has 0 N–H and O–H groups in total.